The SMILES string of the molecule is CN=C(NCC(=O)N1CCc2sccc2C1)NCc1cc(Cl)ccc1OC(F)F. The predicted molar refractivity (Wildman–Crippen MR) is 110 cm³/mol. The highest BCUT2D eigenvalue weighted by molar-refractivity contribution is 7.10. The van der Waals surface area contributed by atoms with Crippen LogP contribution in [0.15, 0.2) is 34.6 Å². The Balaban J connectivity index is 1.53. The first-order chi connectivity index (χ1) is 14.0. The van der Waals surface area contributed by atoms with Crippen molar-refractivity contribution >= 4 is 34.8 Å². The molecule has 0 aliphatic carbocycles. The molecule has 1 aliphatic rings. The number of benzene rings is 1. The minimum absolute atomic E-state index is 0.0308. The number of nitrogens with zero attached hydrogens (tertiary/aromatic N) is 2. The summed E-state index contributed by atoms with van der Waals surface area (Å²) >= 11 is 7.67. The summed E-state index contributed by atoms with van der Waals surface area (Å²) in [6.45, 7) is -1.40. The first-order valence-electron chi connectivity index (χ1n) is 8.97. The number of carbonyl (C=O) groups excluding carboxylic acids is 1. The van der Waals surface area contributed by atoms with Gasteiger partial charge in [0.25, 0.3) is 0 Å². The molecule has 156 valence electrons. The van der Waals surface area contributed by atoms with Gasteiger partial charge in [0.05, 0.1) is 6.54 Å². The average Bonchev–Trinajstić information content (AvgIpc) is 3.17. The summed E-state index contributed by atoms with van der Waals surface area (Å²) in [6, 6.07) is 6.46. The molecular formula is C19H21ClF2N4O2S. The minimum atomic E-state index is -2.93. The van der Waals surface area contributed by atoms with Crippen molar-refractivity contribution in [2.24, 2.45) is 4.99 Å². The first kappa shape index (κ1) is 21.3. The van der Waals surface area contributed by atoms with Gasteiger partial charge in [-0.3, -0.25) is 9.79 Å². The van der Waals surface area contributed by atoms with Crippen molar-refractivity contribution in [1.29, 1.82) is 0 Å². The van der Waals surface area contributed by atoms with Crippen molar-refractivity contribution in [3.63, 3.8) is 0 Å². The second-order valence-corrected chi connectivity index (χ2v) is 7.78. The first-order valence-corrected chi connectivity index (χ1v) is 10.2. The maximum atomic E-state index is 12.6. The number of rotatable bonds is 6. The number of aliphatic imine (C=N–C) groups is 1. The summed E-state index contributed by atoms with van der Waals surface area (Å²) in [5, 5.41) is 8.39. The molecule has 2 aromatic rings. The van der Waals surface area contributed by atoms with E-state index in [1.165, 1.54) is 28.6 Å². The molecule has 29 heavy (non-hydrogen) atoms. The molecule has 0 radical (unpaired) electrons. The number of guanidine groups is 1. The Hall–Kier alpha value is -2.39. The molecule has 1 aromatic carbocycles. The Labute approximate surface area is 176 Å². The molecule has 1 amide bonds. The number of carbonyl (C=O) groups is 1. The number of hydrogen-bond acceptors (Lipinski definition) is 4. The van der Waals surface area contributed by atoms with E-state index in [0.717, 1.165) is 6.42 Å². The molecule has 0 saturated carbocycles. The van der Waals surface area contributed by atoms with Crippen LogP contribution in [0, 0.1) is 0 Å². The zero-order valence-electron chi connectivity index (χ0n) is 15.8. The van der Waals surface area contributed by atoms with Crippen LogP contribution >= 0.6 is 22.9 Å². The Morgan fingerprint density at radius 3 is 2.97 bits per heavy atom. The third-order valence-electron chi connectivity index (χ3n) is 4.48. The van der Waals surface area contributed by atoms with Crippen LogP contribution < -0.4 is 15.4 Å². The molecule has 0 spiro atoms. The van der Waals surface area contributed by atoms with E-state index in [9.17, 15) is 13.6 Å². The van der Waals surface area contributed by atoms with E-state index in [1.54, 1.807) is 23.3 Å². The molecule has 0 saturated heterocycles. The summed E-state index contributed by atoms with van der Waals surface area (Å²) in [5.41, 5.74) is 1.65. The Morgan fingerprint density at radius 1 is 1.38 bits per heavy atom. The number of alkyl halides is 2. The molecule has 3 rings (SSSR count). The van der Waals surface area contributed by atoms with E-state index in [1.807, 2.05) is 5.38 Å². The summed E-state index contributed by atoms with van der Waals surface area (Å²) in [7, 11) is 1.56. The molecule has 0 fully saturated rings. The van der Waals surface area contributed by atoms with Gasteiger partial charge in [0.1, 0.15) is 5.75 Å². The minimum Gasteiger partial charge on any atom is -0.434 e. The fourth-order valence-electron chi connectivity index (χ4n) is 3.03. The van der Waals surface area contributed by atoms with Crippen LogP contribution in [0.1, 0.15) is 16.0 Å². The van der Waals surface area contributed by atoms with E-state index < -0.39 is 6.61 Å². The predicted octanol–water partition coefficient (Wildman–Crippen LogP) is 3.25. The number of thiophene rings is 1. The molecule has 2 N–H and O–H groups in total. The molecule has 1 aromatic heterocycles. The number of hydrogen-bond donors (Lipinski definition) is 2. The molecule has 6 nitrogen and oxygen atoms in total. The quantitative estimate of drug-likeness (QED) is 0.532. The Bertz CT molecular complexity index is 891. The van der Waals surface area contributed by atoms with Gasteiger partial charge >= 0.3 is 6.61 Å². The number of ether oxygens (including phenoxy) is 1. The van der Waals surface area contributed by atoms with Crippen LogP contribution in [-0.4, -0.2) is 43.5 Å². The van der Waals surface area contributed by atoms with Crippen LogP contribution in [-0.2, 0) is 24.3 Å². The van der Waals surface area contributed by atoms with Gasteiger partial charge in [-0.25, -0.2) is 0 Å². The lowest BCUT2D eigenvalue weighted by Crippen LogP contribution is -2.45. The van der Waals surface area contributed by atoms with Crippen molar-refractivity contribution in [2.75, 3.05) is 20.1 Å². The fourth-order valence-corrected chi connectivity index (χ4v) is 4.11. The van der Waals surface area contributed by atoms with Crippen molar-refractivity contribution in [2.45, 2.75) is 26.1 Å². The van der Waals surface area contributed by atoms with Crippen molar-refractivity contribution in [3.8, 4) is 5.75 Å². The maximum absolute atomic E-state index is 12.6. The van der Waals surface area contributed by atoms with Crippen LogP contribution in [0.5, 0.6) is 5.75 Å². The van der Waals surface area contributed by atoms with E-state index in [2.05, 4.69) is 26.4 Å². The van der Waals surface area contributed by atoms with Crippen LogP contribution in [0.2, 0.25) is 5.02 Å². The van der Waals surface area contributed by atoms with E-state index in [0.29, 0.717) is 29.6 Å². The summed E-state index contributed by atoms with van der Waals surface area (Å²) < 4.78 is 29.7. The van der Waals surface area contributed by atoms with Gasteiger partial charge in [0.2, 0.25) is 5.91 Å². The zero-order valence-corrected chi connectivity index (χ0v) is 17.3. The van der Waals surface area contributed by atoms with Gasteiger partial charge in [-0.05, 0) is 41.6 Å². The third kappa shape index (κ3) is 5.80. The van der Waals surface area contributed by atoms with E-state index in [-0.39, 0.29) is 24.7 Å². The summed E-state index contributed by atoms with van der Waals surface area (Å²) in [4.78, 5) is 19.7. The largest absolute Gasteiger partial charge is 0.434 e. The van der Waals surface area contributed by atoms with Crippen molar-refractivity contribution < 1.29 is 18.3 Å². The molecule has 1 aliphatic heterocycles. The maximum Gasteiger partial charge on any atom is 0.387 e. The van der Waals surface area contributed by atoms with Crippen molar-refractivity contribution in [3.05, 3.63) is 50.7 Å². The van der Waals surface area contributed by atoms with Crippen LogP contribution in [0.25, 0.3) is 0 Å². The second-order valence-electron chi connectivity index (χ2n) is 6.34. The monoisotopic (exact) mass is 442 g/mol. The highest BCUT2D eigenvalue weighted by Gasteiger charge is 2.21. The van der Waals surface area contributed by atoms with Gasteiger partial charge in [0, 0.05) is 42.1 Å². The van der Waals surface area contributed by atoms with Gasteiger partial charge in [-0.15, -0.1) is 11.3 Å². The van der Waals surface area contributed by atoms with Gasteiger partial charge in [-0.2, -0.15) is 8.78 Å². The second kappa shape index (κ2) is 9.89. The normalized spacial score (nSPS) is 14.0. The molecule has 0 atom stereocenters. The topological polar surface area (TPSA) is 66.0 Å². The standard InChI is InChI=1S/C19H21ClF2N4O2S/c1-23-19(24-9-13-8-14(20)2-3-15(13)28-18(21)22)25-10-17(27)26-6-4-16-12(11-26)5-7-29-16/h2-3,5,7-8,18H,4,6,9-11H2,1H3,(H2,23,24,25). The smallest absolute Gasteiger partial charge is 0.387 e. The third-order valence-corrected chi connectivity index (χ3v) is 5.73. The van der Waals surface area contributed by atoms with E-state index in [4.69, 9.17) is 11.6 Å². The van der Waals surface area contributed by atoms with Crippen LogP contribution in [0.4, 0.5) is 8.78 Å². The zero-order chi connectivity index (χ0) is 20.8. The molecule has 10 heteroatoms. The number of halogens is 3. The Kier molecular flexibility index (Phi) is 7.27. The lowest BCUT2D eigenvalue weighted by molar-refractivity contribution is -0.130. The highest BCUT2D eigenvalue weighted by Crippen LogP contribution is 2.25. The van der Waals surface area contributed by atoms with E-state index >= 15 is 0 Å². The Morgan fingerprint density at radius 2 is 2.21 bits per heavy atom. The van der Waals surface area contributed by atoms with Gasteiger partial charge in [0.15, 0.2) is 5.96 Å². The molecular weight excluding hydrogens is 422 g/mol. The van der Waals surface area contributed by atoms with Gasteiger partial charge < -0.3 is 20.3 Å². The lowest BCUT2D eigenvalue weighted by Gasteiger charge is -2.27. The highest BCUT2D eigenvalue weighted by atomic mass is 35.5. The summed E-state index contributed by atoms with van der Waals surface area (Å²) in [5.74, 6) is 0.368. The molecule has 0 unspecified atom stereocenters. The van der Waals surface area contributed by atoms with Crippen LogP contribution in [0.3, 0.4) is 0 Å². The lowest BCUT2D eigenvalue weighted by atomic mass is 10.1. The average molecular weight is 443 g/mol. The molecule has 0 bridgehead atoms. The van der Waals surface area contributed by atoms with Gasteiger partial charge in [-0.1, -0.05) is 11.6 Å². The number of fused-ring (bicyclic) bond motifs is 1. The fraction of sp³-hybridized carbons (Fsp3) is 0.368. The molecule has 2 heterocycles. The van der Waals surface area contributed by atoms with Crippen molar-refractivity contribution in [1.82, 2.24) is 15.5 Å². The summed E-state index contributed by atoms with van der Waals surface area (Å²) in [6.07, 6.45) is 0.868. The number of nitrogens with one attached hydrogen (secondary N) is 2. The number of amides is 1.